The van der Waals surface area contributed by atoms with Crippen LogP contribution in [0.15, 0.2) is 30.9 Å². The van der Waals surface area contributed by atoms with Gasteiger partial charge in [0, 0.05) is 12.0 Å². The number of hydrogen-bond donors (Lipinski definition) is 2. The first-order valence-corrected chi connectivity index (χ1v) is 10.1. The first kappa shape index (κ1) is 18.5. The number of benzene rings is 1. The summed E-state index contributed by atoms with van der Waals surface area (Å²) in [6.45, 7) is 2.01. The van der Waals surface area contributed by atoms with Crippen molar-refractivity contribution in [2.75, 3.05) is 5.32 Å². The van der Waals surface area contributed by atoms with Crippen molar-refractivity contribution in [3.05, 3.63) is 42.5 Å². The zero-order chi connectivity index (χ0) is 20.7. The fourth-order valence-corrected chi connectivity index (χ4v) is 4.38. The van der Waals surface area contributed by atoms with Crippen molar-refractivity contribution in [1.82, 2.24) is 29.5 Å². The Kier molecular flexibility index (Phi) is 4.54. The van der Waals surface area contributed by atoms with Gasteiger partial charge in [-0.1, -0.05) is 0 Å². The van der Waals surface area contributed by atoms with Crippen molar-refractivity contribution >= 4 is 28.0 Å². The summed E-state index contributed by atoms with van der Waals surface area (Å²) in [4.78, 5) is 20.6. The third-order valence-corrected chi connectivity index (χ3v) is 5.89. The summed E-state index contributed by atoms with van der Waals surface area (Å²) >= 11 is 0. The van der Waals surface area contributed by atoms with Gasteiger partial charge in [-0.05, 0) is 50.8 Å². The topological polar surface area (TPSA) is 108 Å². The summed E-state index contributed by atoms with van der Waals surface area (Å²) in [5.41, 5.74) is 2.86. The molecule has 5 rings (SSSR count). The Bertz CT molecular complexity index is 1250. The molecule has 0 bridgehead atoms. The summed E-state index contributed by atoms with van der Waals surface area (Å²) in [7, 11) is 0. The van der Waals surface area contributed by atoms with Crippen LogP contribution >= 0.6 is 0 Å². The Morgan fingerprint density at radius 2 is 2.07 bits per heavy atom. The molecule has 152 valence electrons. The maximum atomic E-state index is 14.1. The van der Waals surface area contributed by atoms with Crippen LogP contribution in [0.2, 0.25) is 0 Å². The zero-order valence-electron chi connectivity index (χ0n) is 16.5. The minimum atomic E-state index is -0.281. The highest BCUT2D eigenvalue weighted by molar-refractivity contribution is 5.82. The van der Waals surface area contributed by atoms with Gasteiger partial charge < -0.3 is 14.9 Å². The normalized spacial score (nSPS) is 20.3. The molecule has 3 aromatic heterocycles. The van der Waals surface area contributed by atoms with E-state index in [1.165, 1.54) is 12.4 Å². The smallest absolute Gasteiger partial charge is 0.182 e. The maximum Gasteiger partial charge on any atom is 0.182 e. The Balaban J connectivity index is 1.54. The first-order chi connectivity index (χ1) is 14.6. The molecule has 1 aromatic carbocycles. The van der Waals surface area contributed by atoms with E-state index >= 15 is 0 Å². The molecular weight excluding hydrogens is 383 g/mol. The van der Waals surface area contributed by atoms with Crippen molar-refractivity contribution in [1.29, 1.82) is 5.26 Å². The second kappa shape index (κ2) is 7.37. The highest BCUT2D eigenvalue weighted by Crippen LogP contribution is 2.37. The van der Waals surface area contributed by atoms with Gasteiger partial charge in [-0.2, -0.15) is 5.26 Å². The minimum absolute atomic E-state index is 0.0986. The third-order valence-electron chi connectivity index (χ3n) is 5.89. The van der Waals surface area contributed by atoms with E-state index in [1.807, 2.05) is 6.92 Å². The summed E-state index contributed by atoms with van der Waals surface area (Å²) in [6.07, 6.45) is 6.49. The average Bonchev–Trinajstić information content (AvgIpc) is 3.39. The number of H-pyrrole nitrogens is 1. The van der Waals surface area contributed by atoms with Gasteiger partial charge >= 0.3 is 0 Å². The zero-order valence-corrected chi connectivity index (χ0v) is 16.5. The molecule has 1 atom stereocenters. The quantitative estimate of drug-likeness (QED) is 0.526. The van der Waals surface area contributed by atoms with Crippen LogP contribution in [0.25, 0.3) is 22.2 Å². The summed E-state index contributed by atoms with van der Waals surface area (Å²) < 4.78 is 16.2. The molecule has 4 aromatic rings. The molecule has 0 amide bonds. The number of fused-ring (bicyclic) bond motifs is 2. The fraction of sp³-hybridized carbons (Fsp3) is 0.381. The number of aromatic amines is 1. The Morgan fingerprint density at radius 3 is 2.87 bits per heavy atom. The Hall–Kier alpha value is -3.54. The second-order valence-corrected chi connectivity index (χ2v) is 7.80. The molecule has 9 heteroatoms. The predicted molar refractivity (Wildman–Crippen MR) is 110 cm³/mol. The lowest BCUT2D eigenvalue weighted by Gasteiger charge is -2.29. The second-order valence-electron chi connectivity index (χ2n) is 7.80. The van der Waals surface area contributed by atoms with E-state index in [9.17, 15) is 9.65 Å². The van der Waals surface area contributed by atoms with E-state index in [0.717, 1.165) is 48.1 Å². The SMILES string of the molecule is C[C@H](Nc1ncnc2nc[nH]c12)c1nc2ccc(F)cc2n1C1CCC(C#N)CC1. The summed E-state index contributed by atoms with van der Waals surface area (Å²) in [6, 6.07) is 7.08. The molecule has 1 saturated carbocycles. The highest BCUT2D eigenvalue weighted by Gasteiger charge is 2.28. The average molecular weight is 404 g/mol. The van der Waals surface area contributed by atoms with Gasteiger partial charge in [0.1, 0.15) is 23.5 Å². The Labute approximate surface area is 172 Å². The van der Waals surface area contributed by atoms with Crippen LogP contribution in [0.5, 0.6) is 0 Å². The largest absolute Gasteiger partial charge is 0.358 e. The Morgan fingerprint density at radius 1 is 1.23 bits per heavy atom. The van der Waals surface area contributed by atoms with E-state index < -0.39 is 0 Å². The molecular formula is C21H21FN8. The molecule has 0 aliphatic heterocycles. The highest BCUT2D eigenvalue weighted by atomic mass is 19.1. The molecule has 1 aliphatic carbocycles. The van der Waals surface area contributed by atoms with E-state index in [0.29, 0.717) is 11.5 Å². The molecule has 1 fully saturated rings. The van der Waals surface area contributed by atoms with Crippen LogP contribution in [0, 0.1) is 23.1 Å². The van der Waals surface area contributed by atoms with Crippen molar-refractivity contribution in [2.45, 2.75) is 44.7 Å². The first-order valence-electron chi connectivity index (χ1n) is 10.1. The lowest BCUT2D eigenvalue weighted by atomic mass is 9.86. The van der Waals surface area contributed by atoms with E-state index in [-0.39, 0.29) is 23.8 Å². The molecule has 0 radical (unpaired) electrons. The molecule has 1 aliphatic rings. The number of hydrogen-bond acceptors (Lipinski definition) is 6. The van der Waals surface area contributed by atoms with Gasteiger partial charge in [-0.25, -0.2) is 24.3 Å². The molecule has 0 spiro atoms. The maximum absolute atomic E-state index is 14.1. The predicted octanol–water partition coefficient (Wildman–Crippen LogP) is 4.27. The van der Waals surface area contributed by atoms with Gasteiger partial charge in [0.25, 0.3) is 0 Å². The van der Waals surface area contributed by atoms with Crippen LogP contribution < -0.4 is 5.32 Å². The minimum Gasteiger partial charge on any atom is -0.358 e. The number of nitriles is 1. The standard InChI is InChI=1S/C21H21FN8/c1-12(28-20-18-19(25-10-24-18)26-11-27-20)21-29-16-7-4-14(22)8-17(16)30(21)15-5-2-13(9-23)3-6-15/h4,7-8,10-13,15H,2-3,5-6H2,1H3,(H2,24,25,26,27,28)/t12-,13?,15?/m0/s1. The van der Waals surface area contributed by atoms with Crippen LogP contribution in [-0.2, 0) is 0 Å². The number of imidazole rings is 2. The number of rotatable bonds is 4. The van der Waals surface area contributed by atoms with Gasteiger partial charge in [-0.3, -0.25) is 0 Å². The lowest BCUT2D eigenvalue weighted by Crippen LogP contribution is -2.22. The van der Waals surface area contributed by atoms with E-state index in [2.05, 4.69) is 35.9 Å². The molecule has 0 saturated heterocycles. The molecule has 0 unspecified atom stereocenters. The molecule has 8 nitrogen and oxygen atoms in total. The van der Waals surface area contributed by atoms with Crippen LogP contribution in [0.4, 0.5) is 10.2 Å². The molecule has 30 heavy (non-hydrogen) atoms. The fourth-order valence-electron chi connectivity index (χ4n) is 4.38. The van der Waals surface area contributed by atoms with Crippen molar-refractivity contribution in [2.24, 2.45) is 5.92 Å². The number of anilines is 1. The lowest BCUT2D eigenvalue weighted by molar-refractivity contribution is 0.311. The van der Waals surface area contributed by atoms with Gasteiger partial charge in [0.15, 0.2) is 11.5 Å². The monoisotopic (exact) mass is 404 g/mol. The van der Waals surface area contributed by atoms with Gasteiger partial charge in [0.05, 0.1) is 29.5 Å². The summed E-state index contributed by atoms with van der Waals surface area (Å²) in [5.74, 6) is 1.28. The number of halogens is 1. The van der Waals surface area contributed by atoms with Crippen LogP contribution in [-0.4, -0.2) is 29.5 Å². The van der Waals surface area contributed by atoms with Gasteiger partial charge in [-0.15, -0.1) is 0 Å². The van der Waals surface area contributed by atoms with Crippen molar-refractivity contribution in [3.63, 3.8) is 0 Å². The third kappa shape index (κ3) is 3.14. The van der Waals surface area contributed by atoms with Gasteiger partial charge in [0.2, 0.25) is 0 Å². The van der Waals surface area contributed by atoms with Crippen LogP contribution in [0.3, 0.4) is 0 Å². The number of nitrogens with zero attached hydrogens (tertiary/aromatic N) is 6. The molecule has 2 N–H and O–H groups in total. The van der Waals surface area contributed by atoms with Crippen LogP contribution in [0.1, 0.15) is 50.5 Å². The summed E-state index contributed by atoms with van der Waals surface area (Å²) in [5, 5.41) is 12.7. The van der Waals surface area contributed by atoms with E-state index in [4.69, 9.17) is 4.98 Å². The molecule has 3 heterocycles. The van der Waals surface area contributed by atoms with Crippen molar-refractivity contribution in [3.8, 4) is 6.07 Å². The van der Waals surface area contributed by atoms with E-state index in [1.54, 1.807) is 18.5 Å². The number of aromatic nitrogens is 6. The number of nitrogens with one attached hydrogen (secondary N) is 2. The van der Waals surface area contributed by atoms with Crippen molar-refractivity contribution < 1.29 is 4.39 Å².